The molecule has 4 unspecified atom stereocenters. The van der Waals surface area contributed by atoms with Crippen LogP contribution in [0.1, 0.15) is 114 Å². The highest BCUT2D eigenvalue weighted by Gasteiger charge is 2.84. The van der Waals surface area contributed by atoms with E-state index in [-0.39, 0.29) is 63.4 Å². The van der Waals surface area contributed by atoms with Gasteiger partial charge >= 0.3 is 6.09 Å². The van der Waals surface area contributed by atoms with Crippen molar-refractivity contribution in [1.29, 1.82) is 0 Å². The molecule has 8 heteroatoms. The molecule has 7 aliphatic rings. The third kappa shape index (κ3) is 4.51. The topological polar surface area (TPSA) is 109 Å². The Hall–Kier alpha value is -0.930. The zero-order chi connectivity index (χ0) is 33.2. The number of ether oxygens (including phenoxy) is 3. The molecule has 1 amide bonds. The zero-order valence-electron chi connectivity index (χ0n) is 30.2. The van der Waals surface area contributed by atoms with Crippen LogP contribution in [0.4, 0.5) is 4.79 Å². The van der Waals surface area contributed by atoms with Gasteiger partial charge < -0.3 is 35.1 Å². The first-order chi connectivity index (χ1) is 21.4. The second-order valence-corrected chi connectivity index (χ2v) is 19.2. The minimum atomic E-state index is -1.04. The number of amides is 1. The number of carbonyl (C=O) groups excluding carboxylic acids is 1. The van der Waals surface area contributed by atoms with E-state index in [0.29, 0.717) is 30.3 Å². The first-order valence-corrected chi connectivity index (χ1v) is 18.8. The summed E-state index contributed by atoms with van der Waals surface area (Å²) in [6, 6.07) is 0.182. The summed E-state index contributed by atoms with van der Waals surface area (Å²) in [5.41, 5.74) is -0.852. The van der Waals surface area contributed by atoms with Crippen molar-refractivity contribution < 1.29 is 29.2 Å². The Morgan fingerprint density at radius 3 is 2.35 bits per heavy atom. The summed E-state index contributed by atoms with van der Waals surface area (Å²) in [6.45, 7) is 22.2. The quantitative estimate of drug-likeness (QED) is 0.283. The molecular formula is C38H64N2O6. The van der Waals surface area contributed by atoms with E-state index in [4.69, 9.17) is 14.2 Å². The maximum absolute atomic E-state index is 12.8. The van der Waals surface area contributed by atoms with Crippen LogP contribution in [0.25, 0.3) is 0 Å². The summed E-state index contributed by atoms with van der Waals surface area (Å²) >= 11 is 0. The standard InChI is InChI=1S/C38H64N2O6/c1-21(2)19-44-31(34(6,7)43)24-16-22(3)28-29(45-24)30(41)36(9)26-11-10-25-33(4,5)27(46-32(42)40-23-17-39-18-23)12-13-37(25)20-38(26,37)15-14-35(28,36)8/h21-31,39,41,43H,10-20H2,1-9H3,(H,40,42)/t22-,24?,25+,26?,27?,28+,29?,30+,31+,35-,36-,37-,38+/m1/s1. The maximum atomic E-state index is 12.8. The van der Waals surface area contributed by atoms with E-state index in [2.05, 4.69) is 59.1 Å². The van der Waals surface area contributed by atoms with Crippen LogP contribution in [-0.2, 0) is 14.2 Å². The Balaban J connectivity index is 1.13. The average Bonchev–Trinajstić information content (AvgIpc) is 3.56. The van der Waals surface area contributed by atoms with Crippen molar-refractivity contribution in [2.45, 2.75) is 156 Å². The lowest BCUT2D eigenvalue weighted by atomic mass is 9.41. The van der Waals surface area contributed by atoms with Crippen LogP contribution in [-0.4, -0.2) is 78.2 Å². The first kappa shape index (κ1) is 33.6. The minimum Gasteiger partial charge on any atom is -0.446 e. The molecule has 5 saturated carbocycles. The molecule has 0 aromatic heterocycles. The number of aliphatic hydroxyl groups excluding tert-OH is 1. The molecule has 7 fully saturated rings. The van der Waals surface area contributed by atoms with Crippen molar-refractivity contribution in [3.8, 4) is 0 Å². The third-order valence-corrected chi connectivity index (χ3v) is 15.8. The number of nitrogens with one attached hydrogen (secondary N) is 2. The molecule has 7 rings (SSSR count). The zero-order valence-corrected chi connectivity index (χ0v) is 30.2. The Labute approximate surface area is 277 Å². The molecule has 5 aliphatic carbocycles. The number of fused-ring (bicyclic) bond motifs is 4. The molecule has 262 valence electrons. The van der Waals surface area contributed by atoms with Gasteiger partial charge in [-0.15, -0.1) is 0 Å². The summed E-state index contributed by atoms with van der Waals surface area (Å²) in [6.07, 6.45) is 6.93. The van der Waals surface area contributed by atoms with Gasteiger partial charge in [-0.3, -0.25) is 0 Å². The Morgan fingerprint density at radius 2 is 1.72 bits per heavy atom. The molecule has 2 saturated heterocycles. The normalized spacial score (nSPS) is 49.8. The highest BCUT2D eigenvalue weighted by Crippen LogP contribution is 2.89. The monoisotopic (exact) mass is 644 g/mol. The van der Waals surface area contributed by atoms with Gasteiger partial charge in [0, 0.05) is 30.5 Å². The van der Waals surface area contributed by atoms with Crippen LogP contribution in [0.15, 0.2) is 0 Å². The van der Waals surface area contributed by atoms with E-state index in [0.717, 1.165) is 51.6 Å². The molecule has 4 N–H and O–H groups in total. The van der Waals surface area contributed by atoms with Gasteiger partial charge in [0.25, 0.3) is 0 Å². The first-order valence-electron chi connectivity index (χ1n) is 18.8. The van der Waals surface area contributed by atoms with Crippen molar-refractivity contribution in [3.05, 3.63) is 0 Å². The second-order valence-electron chi connectivity index (χ2n) is 19.2. The number of aliphatic hydroxyl groups is 2. The van der Waals surface area contributed by atoms with E-state index >= 15 is 0 Å². The molecule has 0 radical (unpaired) electrons. The highest BCUT2D eigenvalue weighted by molar-refractivity contribution is 5.68. The molecule has 2 heterocycles. The molecule has 0 aromatic rings. The fraction of sp³-hybridized carbons (Fsp3) is 0.974. The van der Waals surface area contributed by atoms with Gasteiger partial charge in [0.15, 0.2) is 0 Å². The van der Waals surface area contributed by atoms with Gasteiger partial charge in [-0.25, -0.2) is 4.79 Å². The van der Waals surface area contributed by atoms with Gasteiger partial charge in [-0.1, -0.05) is 48.5 Å². The van der Waals surface area contributed by atoms with Crippen molar-refractivity contribution >= 4 is 6.09 Å². The predicted octanol–water partition coefficient (Wildman–Crippen LogP) is 5.68. The van der Waals surface area contributed by atoms with E-state index in [9.17, 15) is 15.0 Å². The van der Waals surface area contributed by atoms with Crippen LogP contribution in [0, 0.1) is 56.7 Å². The van der Waals surface area contributed by atoms with Crippen LogP contribution in [0.3, 0.4) is 0 Å². The van der Waals surface area contributed by atoms with E-state index in [1.54, 1.807) is 0 Å². The lowest BCUT2D eigenvalue weighted by molar-refractivity contribution is -0.218. The molecular weight excluding hydrogens is 580 g/mol. The number of hydrogen-bond donors (Lipinski definition) is 4. The van der Waals surface area contributed by atoms with Gasteiger partial charge in [0.05, 0.1) is 30.0 Å². The van der Waals surface area contributed by atoms with Crippen LogP contribution < -0.4 is 10.6 Å². The fourth-order valence-corrected chi connectivity index (χ4v) is 13.5. The van der Waals surface area contributed by atoms with Crippen molar-refractivity contribution in [2.24, 2.45) is 56.7 Å². The predicted molar refractivity (Wildman–Crippen MR) is 177 cm³/mol. The summed E-state index contributed by atoms with van der Waals surface area (Å²) in [7, 11) is 0. The molecule has 0 aromatic carbocycles. The Bertz CT molecular complexity index is 1200. The third-order valence-electron chi connectivity index (χ3n) is 15.8. The molecule has 13 atom stereocenters. The van der Waals surface area contributed by atoms with Crippen LogP contribution >= 0.6 is 0 Å². The molecule has 46 heavy (non-hydrogen) atoms. The van der Waals surface area contributed by atoms with E-state index in [1.807, 2.05) is 13.8 Å². The summed E-state index contributed by atoms with van der Waals surface area (Å²) in [4.78, 5) is 12.8. The summed E-state index contributed by atoms with van der Waals surface area (Å²) < 4.78 is 19.5. The average molecular weight is 645 g/mol. The maximum Gasteiger partial charge on any atom is 0.407 e. The van der Waals surface area contributed by atoms with Crippen LogP contribution in [0.2, 0.25) is 0 Å². The van der Waals surface area contributed by atoms with Crippen LogP contribution in [0.5, 0.6) is 0 Å². The van der Waals surface area contributed by atoms with Gasteiger partial charge in [-0.05, 0) is 111 Å². The van der Waals surface area contributed by atoms with Gasteiger partial charge in [0.1, 0.15) is 12.2 Å². The number of alkyl carbamates (subject to hydrolysis) is 1. The molecule has 2 spiro atoms. The SMILES string of the molecule is CC(C)CO[C@@H](C1C[C@@H](C)[C@H]2C(O1)[C@H](O)[C@@]1(C)C3CC[C@H]4C(C)(C)C(OC(=O)NC5CNC5)CC[C@@]45C[C@@]35CC[C@]21C)C(C)(C)O. The highest BCUT2D eigenvalue weighted by atomic mass is 16.6. The number of rotatable bonds is 7. The summed E-state index contributed by atoms with van der Waals surface area (Å²) in [5, 5.41) is 30.1. The number of carbonyl (C=O) groups is 1. The van der Waals surface area contributed by atoms with E-state index < -0.39 is 17.8 Å². The van der Waals surface area contributed by atoms with Gasteiger partial charge in [0.2, 0.25) is 0 Å². The number of hydrogen-bond acceptors (Lipinski definition) is 7. The van der Waals surface area contributed by atoms with E-state index in [1.165, 1.54) is 12.8 Å². The van der Waals surface area contributed by atoms with Crippen molar-refractivity contribution in [2.75, 3.05) is 19.7 Å². The fourth-order valence-electron chi connectivity index (χ4n) is 13.5. The lowest BCUT2D eigenvalue weighted by Gasteiger charge is -2.63. The summed E-state index contributed by atoms with van der Waals surface area (Å²) in [5.74, 6) is 1.99. The minimum absolute atomic E-state index is 0.0126. The lowest BCUT2D eigenvalue weighted by Crippen LogP contribution is -2.60. The largest absolute Gasteiger partial charge is 0.446 e. The van der Waals surface area contributed by atoms with Crippen molar-refractivity contribution in [3.63, 3.8) is 0 Å². The smallest absolute Gasteiger partial charge is 0.407 e. The van der Waals surface area contributed by atoms with Crippen molar-refractivity contribution in [1.82, 2.24) is 10.6 Å². The molecule has 8 nitrogen and oxygen atoms in total. The second kappa shape index (κ2) is 10.8. The van der Waals surface area contributed by atoms with Gasteiger partial charge in [-0.2, -0.15) is 0 Å². The molecule has 2 aliphatic heterocycles. The Kier molecular flexibility index (Phi) is 7.87. The Morgan fingerprint density at radius 1 is 1.04 bits per heavy atom. The molecule has 0 bridgehead atoms.